The highest BCUT2D eigenvalue weighted by Gasteiger charge is 2.52. The smallest absolute Gasteiger partial charge is 0.305 e. The van der Waals surface area contributed by atoms with E-state index in [2.05, 4.69) is 0 Å². The summed E-state index contributed by atoms with van der Waals surface area (Å²) < 4.78 is 4.73. The first-order valence-corrected chi connectivity index (χ1v) is 15.9. The van der Waals surface area contributed by atoms with Crippen molar-refractivity contribution in [2.24, 2.45) is 5.92 Å². The van der Waals surface area contributed by atoms with Gasteiger partial charge in [-0.25, -0.2) is 0 Å². The Kier molecular flexibility index (Phi) is 10.5. The lowest BCUT2D eigenvalue weighted by molar-refractivity contribution is -0.140. The molecule has 2 aliphatic heterocycles. The second kappa shape index (κ2) is 14.7. The number of anilines is 3. The van der Waals surface area contributed by atoms with Crippen LogP contribution in [0.3, 0.4) is 0 Å². The molecule has 0 saturated heterocycles. The number of hydrogen-bond acceptors (Lipinski definition) is 7. The number of para-hydroxylation sites is 1. The molecule has 0 fully saturated rings. The molecule has 2 N–H and O–H groups in total. The molecule has 0 spiro atoms. The van der Waals surface area contributed by atoms with E-state index in [1.807, 2.05) is 42.5 Å². The van der Waals surface area contributed by atoms with Crippen molar-refractivity contribution in [3.05, 3.63) is 102 Å². The largest absolute Gasteiger partial charge is 0.469 e. The molecule has 3 aromatic carbocycles. The van der Waals surface area contributed by atoms with Gasteiger partial charge >= 0.3 is 5.97 Å². The maximum Gasteiger partial charge on any atom is 0.305 e. The molecule has 246 valence electrons. The zero-order chi connectivity index (χ0) is 33.6. The zero-order valence-corrected chi connectivity index (χ0v) is 26.7. The minimum atomic E-state index is -1.98. The van der Waals surface area contributed by atoms with Gasteiger partial charge in [-0.05, 0) is 60.7 Å². The van der Waals surface area contributed by atoms with Crippen molar-refractivity contribution >= 4 is 41.3 Å². The number of carbonyl (C=O) groups is 4. The number of amides is 3. The van der Waals surface area contributed by atoms with Gasteiger partial charge in [0.15, 0.2) is 5.60 Å². The van der Waals surface area contributed by atoms with Crippen LogP contribution in [-0.4, -0.2) is 65.6 Å². The minimum Gasteiger partial charge on any atom is -0.469 e. The quantitative estimate of drug-likeness (QED) is 0.123. The van der Waals surface area contributed by atoms with E-state index in [9.17, 15) is 29.4 Å². The second-order valence-corrected chi connectivity index (χ2v) is 12.0. The van der Waals surface area contributed by atoms with Gasteiger partial charge in [-0.3, -0.25) is 24.1 Å². The van der Waals surface area contributed by atoms with Crippen LogP contribution >= 0.6 is 0 Å². The highest BCUT2D eigenvalue weighted by molar-refractivity contribution is 6.08. The predicted molar refractivity (Wildman–Crippen MR) is 178 cm³/mol. The van der Waals surface area contributed by atoms with Gasteiger partial charge < -0.3 is 24.7 Å². The Morgan fingerprint density at radius 2 is 1.77 bits per heavy atom. The first-order chi connectivity index (χ1) is 22.7. The number of hydrogen-bond donors (Lipinski definition) is 2. The molecular formula is C37H41N3O7. The number of rotatable bonds is 13. The summed E-state index contributed by atoms with van der Waals surface area (Å²) in [5, 5.41) is 22.2. The lowest BCUT2D eigenvalue weighted by atomic mass is 9.82. The predicted octanol–water partition coefficient (Wildman–Crippen LogP) is 4.39. The van der Waals surface area contributed by atoms with E-state index in [1.54, 1.807) is 54.3 Å². The summed E-state index contributed by atoms with van der Waals surface area (Å²) in [4.78, 5) is 55.9. The van der Waals surface area contributed by atoms with Crippen LogP contribution in [0.1, 0.15) is 49.3 Å². The highest BCUT2D eigenvalue weighted by atomic mass is 16.5. The second-order valence-electron chi connectivity index (χ2n) is 12.0. The van der Waals surface area contributed by atoms with Crippen molar-refractivity contribution in [1.29, 1.82) is 0 Å². The van der Waals surface area contributed by atoms with Crippen LogP contribution in [-0.2, 0) is 42.5 Å². The van der Waals surface area contributed by atoms with Crippen LogP contribution in [0.2, 0.25) is 0 Å². The third kappa shape index (κ3) is 6.84. The van der Waals surface area contributed by atoms with Gasteiger partial charge in [0, 0.05) is 48.8 Å². The zero-order valence-electron chi connectivity index (χ0n) is 26.7. The number of methoxy groups -OCH3 is 1. The average molecular weight is 640 g/mol. The number of aliphatic hydroxyl groups is 2. The fourth-order valence-electron chi connectivity index (χ4n) is 6.48. The Balaban J connectivity index is 1.39. The van der Waals surface area contributed by atoms with Crippen LogP contribution in [0.5, 0.6) is 0 Å². The molecule has 10 heteroatoms. The van der Waals surface area contributed by atoms with Crippen LogP contribution in [0.4, 0.5) is 17.1 Å². The number of nitrogens with zero attached hydrogens (tertiary/aromatic N) is 3. The van der Waals surface area contributed by atoms with Crippen LogP contribution in [0.15, 0.2) is 84.9 Å². The van der Waals surface area contributed by atoms with Gasteiger partial charge in [0.1, 0.15) is 0 Å². The molecule has 0 radical (unpaired) electrons. The van der Waals surface area contributed by atoms with Gasteiger partial charge in [-0.2, -0.15) is 0 Å². The van der Waals surface area contributed by atoms with Crippen molar-refractivity contribution < 1.29 is 34.1 Å². The monoisotopic (exact) mass is 639 g/mol. The van der Waals surface area contributed by atoms with Crippen molar-refractivity contribution in [2.75, 3.05) is 30.1 Å². The lowest BCUT2D eigenvalue weighted by Gasteiger charge is -2.36. The molecule has 47 heavy (non-hydrogen) atoms. The molecule has 2 aliphatic rings. The minimum absolute atomic E-state index is 0.0321. The molecule has 0 bridgehead atoms. The van der Waals surface area contributed by atoms with Crippen molar-refractivity contribution in [2.45, 2.75) is 57.2 Å². The maximum atomic E-state index is 14.0. The lowest BCUT2D eigenvalue weighted by Crippen LogP contribution is -2.46. The number of carbonyl (C=O) groups excluding carboxylic acids is 4. The molecule has 5 rings (SSSR count). The van der Waals surface area contributed by atoms with Crippen LogP contribution < -0.4 is 9.80 Å². The average Bonchev–Trinajstić information content (AvgIpc) is 3.32. The molecule has 10 nitrogen and oxygen atoms in total. The number of unbranched alkanes of at least 4 members (excludes halogenated alkanes) is 1. The summed E-state index contributed by atoms with van der Waals surface area (Å²) in [7, 11) is 1.33. The van der Waals surface area contributed by atoms with E-state index >= 15 is 0 Å². The fourth-order valence-corrected chi connectivity index (χ4v) is 6.48. The van der Waals surface area contributed by atoms with Crippen LogP contribution in [0.25, 0.3) is 0 Å². The van der Waals surface area contributed by atoms with E-state index in [0.29, 0.717) is 54.8 Å². The van der Waals surface area contributed by atoms with Crippen molar-refractivity contribution in [3.63, 3.8) is 0 Å². The number of aliphatic hydroxyl groups excluding tert-OH is 1. The summed E-state index contributed by atoms with van der Waals surface area (Å²) in [6, 6.07) is 21.7. The molecule has 2 heterocycles. The van der Waals surface area contributed by atoms with Crippen molar-refractivity contribution in [3.8, 4) is 0 Å². The summed E-state index contributed by atoms with van der Waals surface area (Å²) in [5.74, 6) is -1.75. The van der Waals surface area contributed by atoms with E-state index in [1.165, 1.54) is 16.9 Å². The first-order valence-electron chi connectivity index (χ1n) is 15.9. The van der Waals surface area contributed by atoms with E-state index in [-0.39, 0.29) is 43.9 Å². The van der Waals surface area contributed by atoms with Crippen molar-refractivity contribution in [1.82, 2.24) is 4.90 Å². The summed E-state index contributed by atoms with van der Waals surface area (Å²) in [6.45, 7) is 2.25. The van der Waals surface area contributed by atoms with Gasteiger partial charge in [0.25, 0.3) is 5.91 Å². The Morgan fingerprint density at radius 1 is 1.04 bits per heavy atom. The molecule has 0 unspecified atom stereocenters. The van der Waals surface area contributed by atoms with Gasteiger partial charge in [0.05, 0.1) is 25.4 Å². The number of benzene rings is 3. The van der Waals surface area contributed by atoms with E-state index in [4.69, 9.17) is 4.74 Å². The van der Waals surface area contributed by atoms with Gasteiger partial charge in [-0.1, -0.05) is 61.5 Å². The number of ether oxygens (including phenoxy) is 1. The third-order valence-electron chi connectivity index (χ3n) is 9.17. The van der Waals surface area contributed by atoms with E-state index < -0.39 is 17.4 Å². The fraction of sp³-hybridized carbons (Fsp3) is 0.351. The topological polar surface area (TPSA) is 128 Å². The number of esters is 1. The van der Waals surface area contributed by atoms with Gasteiger partial charge in [0.2, 0.25) is 12.3 Å². The molecule has 3 amide bonds. The summed E-state index contributed by atoms with van der Waals surface area (Å²) >= 11 is 0. The van der Waals surface area contributed by atoms with Crippen LogP contribution in [0, 0.1) is 5.92 Å². The van der Waals surface area contributed by atoms with Gasteiger partial charge in [-0.15, -0.1) is 0 Å². The summed E-state index contributed by atoms with van der Waals surface area (Å²) in [6.07, 6.45) is 5.85. The summed E-state index contributed by atoms with van der Waals surface area (Å²) in [5.41, 5.74) is 2.18. The third-order valence-corrected chi connectivity index (χ3v) is 9.17. The Morgan fingerprint density at radius 3 is 2.47 bits per heavy atom. The molecule has 0 aromatic heterocycles. The molecule has 3 atom stereocenters. The number of fused-ring (bicyclic) bond motifs is 2. The molecule has 0 aliphatic carbocycles. The molecule has 3 aromatic rings. The van der Waals surface area contributed by atoms with E-state index in [0.717, 1.165) is 11.1 Å². The Hall–Kier alpha value is -4.80. The normalized spacial score (nSPS) is 19.3. The first kappa shape index (κ1) is 33.6. The SMILES string of the molecule is COC(=O)CCCCN1C(=O)[C@](O)([C@H](C)/C=C/CC(=O)N2Cc3ccccc3C[C@H]2CO)c2cc(N(C=O)c3ccccc3)ccc21. The molecular weight excluding hydrogens is 598 g/mol. The Labute approximate surface area is 274 Å². The standard InChI is InChI=1S/C37H41N3O7/c1-26(11-10-16-34(43)39-23-28-13-7-6-12-27(28)21-31(39)24-41)37(46)32-22-30(40(25-42)29-14-4-3-5-15-29)18-19-33(32)38(36(37)45)20-9-8-17-35(44)47-2/h3-7,10-15,18-19,22,25-26,31,41,46H,8-9,16-17,20-21,23-24H2,1-2H3/b11-10+/t26-,31+,37+/m1/s1. The highest BCUT2D eigenvalue weighted by Crippen LogP contribution is 2.47. The maximum absolute atomic E-state index is 14.0. The molecule has 0 saturated carbocycles. The Bertz CT molecular complexity index is 1640.